The lowest BCUT2D eigenvalue weighted by Gasteiger charge is -2.29. The monoisotopic (exact) mass is 1300 g/mol. The van der Waals surface area contributed by atoms with Crippen LogP contribution in [0.3, 0.4) is 0 Å². The minimum Gasteiger partial charge on any atom is -0.475 e. The van der Waals surface area contributed by atoms with Crippen LogP contribution in [0.15, 0.2) is 30.3 Å². The molecule has 0 aromatic heterocycles. The van der Waals surface area contributed by atoms with Crippen LogP contribution in [0.4, 0.5) is 13.2 Å². The van der Waals surface area contributed by atoms with Gasteiger partial charge < -0.3 is 102 Å². The van der Waals surface area contributed by atoms with E-state index < -0.39 is 163 Å². The highest BCUT2D eigenvalue weighted by molar-refractivity contribution is 5.99. The second-order valence-corrected chi connectivity index (χ2v) is 22.7. The number of aliphatic carboxylic acids is 1. The molecular formula is C57H97F3N16O15. The van der Waals surface area contributed by atoms with Crippen molar-refractivity contribution in [1.29, 1.82) is 0 Å². The number of halogens is 3. The van der Waals surface area contributed by atoms with Gasteiger partial charge in [0.1, 0.15) is 60.4 Å². The molecule has 1 aromatic carbocycles. The fourth-order valence-electron chi connectivity index (χ4n) is 8.98. The predicted octanol–water partition coefficient (Wildman–Crippen LogP) is -5.00. The molecule has 0 spiro atoms. The Morgan fingerprint density at radius 1 is 0.560 bits per heavy atom. The van der Waals surface area contributed by atoms with Gasteiger partial charge in [-0.2, -0.15) is 13.2 Å². The number of carbonyl (C=O) groups excluding carboxylic acids is 11. The molecule has 31 nitrogen and oxygen atoms in total. The molecule has 1 aliphatic rings. The highest BCUT2D eigenvalue weighted by Crippen LogP contribution is 2.14. The van der Waals surface area contributed by atoms with Crippen molar-refractivity contribution in [3.8, 4) is 0 Å². The van der Waals surface area contributed by atoms with Gasteiger partial charge in [0.2, 0.25) is 65.0 Å². The Hall–Kier alpha value is -7.63. The maximum absolute atomic E-state index is 14.5. The lowest BCUT2D eigenvalue weighted by atomic mass is 10.00. The minimum absolute atomic E-state index is 0.0181. The Morgan fingerprint density at radius 2 is 1.02 bits per heavy atom. The lowest BCUT2D eigenvalue weighted by Crippen LogP contribution is -2.62. The van der Waals surface area contributed by atoms with Crippen LogP contribution in [0, 0.1) is 11.8 Å². The summed E-state index contributed by atoms with van der Waals surface area (Å²) < 4.78 is 31.7. The van der Waals surface area contributed by atoms with E-state index in [2.05, 4.69) is 72.3 Å². The maximum atomic E-state index is 14.5. The molecule has 516 valence electrons. The molecule has 1 unspecified atom stereocenters. The number of amides is 11. The van der Waals surface area contributed by atoms with Crippen molar-refractivity contribution in [2.45, 2.75) is 197 Å². The molecule has 24 N–H and O–H groups in total. The molecule has 2 rings (SSSR count). The van der Waals surface area contributed by atoms with Gasteiger partial charge in [-0.15, -0.1) is 0 Å². The summed E-state index contributed by atoms with van der Waals surface area (Å²) in [4.78, 5) is 162. The molecule has 1 aromatic rings. The van der Waals surface area contributed by atoms with Gasteiger partial charge in [0.25, 0.3) is 0 Å². The molecule has 34 heteroatoms. The highest BCUT2D eigenvalue weighted by atomic mass is 19.4. The van der Waals surface area contributed by atoms with Crippen LogP contribution in [-0.2, 0) is 64.0 Å². The normalized spacial score (nSPS) is 21.8. The van der Waals surface area contributed by atoms with E-state index in [0.29, 0.717) is 17.9 Å². The molecule has 1 heterocycles. The van der Waals surface area contributed by atoms with Crippen LogP contribution in [-0.4, -0.2) is 204 Å². The summed E-state index contributed by atoms with van der Waals surface area (Å²) in [5.41, 5.74) is 29.9. The number of nitrogens with one attached hydrogen (secondary N) is 11. The molecule has 0 saturated carbocycles. The van der Waals surface area contributed by atoms with Crippen LogP contribution in [0.25, 0.3) is 0 Å². The van der Waals surface area contributed by atoms with Crippen LogP contribution in [0.2, 0.25) is 0 Å². The van der Waals surface area contributed by atoms with E-state index in [9.17, 15) is 76.1 Å². The number of unbranched alkanes of at least 4 members (excludes halogenated alkanes) is 1. The lowest BCUT2D eigenvalue weighted by molar-refractivity contribution is -0.192. The van der Waals surface area contributed by atoms with Crippen molar-refractivity contribution in [1.82, 2.24) is 58.5 Å². The second-order valence-electron chi connectivity index (χ2n) is 22.7. The topological polar surface area (TPSA) is 528 Å². The number of hydrogen-bond donors (Lipinski definition) is 19. The highest BCUT2D eigenvalue weighted by Gasteiger charge is 2.39. The average molecular weight is 1300 g/mol. The van der Waals surface area contributed by atoms with Gasteiger partial charge in [-0.25, -0.2) is 4.79 Å². The third-order valence-electron chi connectivity index (χ3n) is 13.9. The average Bonchev–Trinajstić information content (AvgIpc) is 1.29. The second kappa shape index (κ2) is 42.4. The van der Waals surface area contributed by atoms with Gasteiger partial charge >= 0.3 is 12.1 Å². The zero-order valence-corrected chi connectivity index (χ0v) is 52.5. The van der Waals surface area contributed by atoms with E-state index in [0.717, 1.165) is 12.8 Å². The number of carboxylic acids is 1. The quantitative estimate of drug-likeness (QED) is 0.0349. The molecule has 1 fully saturated rings. The van der Waals surface area contributed by atoms with E-state index in [4.69, 9.17) is 38.6 Å². The van der Waals surface area contributed by atoms with Crippen molar-refractivity contribution in [3.63, 3.8) is 0 Å². The number of carbonyl (C=O) groups is 12. The van der Waals surface area contributed by atoms with Gasteiger partial charge in [-0.1, -0.05) is 70.9 Å². The van der Waals surface area contributed by atoms with E-state index >= 15 is 0 Å². The van der Waals surface area contributed by atoms with Gasteiger partial charge in [0.15, 0.2) is 0 Å². The molecule has 12 atom stereocenters. The first-order valence-electron chi connectivity index (χ1n) is 30.3. The third-order valence-corrected chi connectivity index (χ3v) is 13.9. The first kappa shape index (κ1) is 81.4. The van der Waals surface area contributed by atoms with E-state index in [1.807, 2.05) is 0 Å². The summed E-state index contributed by atoms with van der Waals surface area (Å²) in [6, 6.07) is -6.23. The summed E-state index contributed by atoms with van der Waals surface area (Å²) in [5, 5.41) is 56.7. The number of nitrogens with two attached hydrogens (primary N) is 5. The van der Waals surface area contributed by atoms with Gasteiger partial charge in [0, 0.05) is 19.4 Å². The Morgan fingerprint density at radius 3 is 1.48 bits per heavy atom. The van der Waals surface area contributed by atoms with Crippen LogP contribution in [0.1, 0.15) is 118 Å². The SMILES string of the molecule is CC(C)CCCCC(=O)N[C@@H](CCN)C(=O)N[C@@H](C(=O)N[C@H](CCN)C(=O)N[C@@H]1CCNC(=O)C([C@@H](C)O)NC(=O)[C@@H](CCN)NC(=O)[C@@H](CCN)NC(=O)[C@@H](CC(C)C)NC(=O)[C@@H](Cc2ccccc2)NC(=O)[C@@H](CCN)NC1=O)[C@@H](C)O.O=C(O)C(F)(F)F. The molecule has 11 amide bonds. The Balaban J connectivity index is 0.00000556. The Kier molecular flexibility index (Phi) is 37.9. The van der Waals surface area contributed by atoms with E-state index in [1.54, 1.807) is 44.2 Å². The van der Waals surface area contributed by atoms with E-state index in [1.165, 1.54) is 13.8 Å². The first-order valence-corrected chi connectivity index (χ1v) is 30.3. The molecule has 91 heavy (non-hydrogen) atoms. The number of hydrogen-bond acceptors (Lipinski definition) is 19. The summed E-state index contributed by atoms with van der Waals surface area (Å²) in [5.74, 6) is -12.3. The number of aliphatic hydroxyl groups is 2. The van der Waals surface area contributed by atoms with Crippen LogP contribution in [0.5, 0.6) is 0 Å². The van der Waals surface area contributed by atoms with Crippen LogP contribution >= 0.6 is 0 Å². The van der Waals surface area contributed by atoms with Crippen molar-refractivity contribution in [2.75, 3.05) is 39.3 Å². The van der Waals surface area contributed by atoms with Gasteiger partial charge in [0.05, 0.1) is 12.2 Å². The Bertz CT molecular complexity index is 2520. The van der Waals surface area contributed by atoms with Crippen LogP contribution < -0.4 is 87.2 Å². The number of carboxylic acid groups (broad SMARTS) is 1. The summed E-state index contributed by atoms with van der Waals surface area (Å²) in [7, 11) is 0. The largest absolute Gasteiger partial charge is 0.490 e. The standard InChI is InChI=1S/C55H96N16O13.C2HF3O2/c1-30(2)12-10-11-15-43(74)62-35(16-22-56)50(79)71-45(33(6)73)55(84)67-38(19-25-59)47(76)66-40-21-27-61-54(83)44(32(5)72)70-51(80)39(20-26-60)64-46(75)36(17-23-57)65-52(81)41(28-31(3)4)68-53(82)42(29-34-13-8-7-9-14-34)69-48(77)37(18-24-58)63-49(40)78;3-2(4,5)1(6)7/h7-9,13-14,30-33,35-42,44-45,72-73H,10-12,15-29,56-60H2,1-6H3,(H,61,83)(H,62,74)(H,63,78)(H,64,75)(H,65,81)(H,66,76)(H,67,84)(H,68,82)(H,69,77)(H,70,80)(H,71,79);(H,6,7)/t32-,33-,35+,36-,37-,38-,39-,40-,41-,42-,44?,45-;/m1./s1. The van der Waals surface area contributed by atoms with Crippen molar-refractivity contribution >= 4 is 70.9 Å². The molecule has 0 radical (unpaired) electrons. The molecule has 0 aliphatic carbocycles. The first-order chi connectivity index (χ1) is 42.7. The van der Waals surface area contributed by atoms with Crippen molar-refractivity contribution in [3.05, 3.63) is 35.9 Å². The zero-order chi connectivity index (χ0) is 69.1. The molecule has 0 bridgehead atoms. The zero-order valence-electron chi connectivity index (χ0n) is 52.5. The Labute approximate surface area is 527 Å². The fourth-order valence-corrected chi connectivity index (χ4v) is 8.98. The maximum Gasteiger partial charge on any atom is 0.490 e. The number of alkyl halides is 3. The summed E-state index contributed by atoms with van der Waals surface area (Å²) in [6.07, 6.45) is -7.18. The predicted molar refractivity (Wildman–Crippen MR) is 325 cm³/mol. The van der Waals surface area contributed by atoms with E-state index in [-0.39, 0.29) is 90.0 Å². The smallest absolute Gasteiger partial charge is 0.475 e. The van der Waals surface area contributed by atoms with Crippen molar-refractivity contribution < 1.29 is 86.0 Å². The molecular weight excluding hydrogens is 1210 g/mol. The van der Waals surface area contributed by atoms with Gasteiger partial charge in [-0.05, 0) is 115 Å². The fraction of sp³-hybridized carbons (Fsp3) is 0.684. The summed E-state index contributed by atoms with van der Waals surface area (Å²) in [6.45, 7) is 8.92. The number of aliphatic hydroxyl groups excluding tert-OH is 2. The van der Waals surface area contributed by atoms with Gasteiger partial charge in [-0.3, -0.25) is 52.7 Å². The minimum atomic E-state index is -5.08. The molecule has 1 saturated heterocycles. The third kappa shape index (κ3) is 31.3. The summed E-state index contributed by atoms with van der Waals surface area (Å²) >= 11 is 0. The number of benzene rings is 1. The molecule has 1 aliphatic heterocycles. The number of rotatable bonds is 28. The van der Waals surface area contributed by atoms with Crippen molar-refractivity contribution in [2.24, 2.45) is 40.5 Å².